The van der Waals surface area contributed by atoms with E-state index < -0.39 is 0 Å². The molecule has 1 aromatic carbocycles. The lowest BCUT2D eigenvalue weighted by Crippen LogP contribution is -2.52. The topological polar surface area (TPSA) is 57.5 Å². The van der Waals surface area contributed by atoms with Crippen molar-refractivity contribution in [2.45, 2.75) is 38.5 Å². The van der Waals surface area contributed by atoms with Crippen molar-refractivity contribution in [1.82, 2.24) is 14.9 Å². The molecule has 2 aromatic heterocycles. The van der Waals surface area contributed by atoms with Gasteiger partial charge in [-0.1, -0.05) is 0 Å². The summed E-state index contributed by atoms with van der Waals surface area (Å²) in [7, 11) is 0. The average molecular weight is 408 g/mol. The second kappa shape index (κ2) is 7.69. The minimum atomic E-state index is -0.179. The minimum Gasteiger partial charge on any atom is -0.490 e. The Morgan fingerprint density at radius 3 is 2.87 bits per heavy atom. The molecule has 1 atom stereocenters. The average Bonchev–Trinajstić information content (AvgIpc) is 3.13. The van der Waals surface area contributed by atoms with Gasteiger partial charge < -0.3 is 24.1 Å². The van der Waals surface area contributed by atoms with E-state index in [4.69, 9.17) is 14.2 Å². The number of aromatic nitrogens is 2. The first kappa shape index (κ1) is 19.5. The molecule has 0 saturated carbocycles. The van der Waals surface area contributed by atoms with Crippen molar-refractivity contribution in [3.63, 3.8) is 0 Å². The summed E-state index contributed by atoms with van der Waals surface area (Å²) in [6.07, 6.45) is 6.19. The van der Waals surface area contributed by atoms with E-state index in [0.29, 0.717) is 12.6 Å². The van der Waals surface area contributed by atoms with Crippen LogP contribution in [-0.2, 0) is 9.47 Å². The normalized spacial score (nSPS) is 21.5. The highest BCUT2D eigenvalue weighted by atomic mass is 16.5. The van der Waals surface area contributed by atoms with Gasteiger partial charge in [0.25, 0.3) is 0 Å². The Morgan fingerprint density at radius 1 is 1.23 bits per heavy atom. The standard InChI is InChI=1S/C24H29N3O3/c1-16-4-6-26-21-8-18(17-5-7-27(11-17)19-12-28-13-19)9-22(23(16)21)29-14-20-10-25-15-24(2,3)30-20/h4-9,11,19-20,25H,10,12-15H2,1-3H3/t20-/m0/s1. The lowest BCUT2D eigenvalue weighted by molar-refractivity contribution is -0.106. The van der Waals surface area contributed by atoms with Gasteiger partial charge in [-0.25, -0.2) is 0 Å². The molecular weight excluding hydrogens is 378 g/mol. The number of ether oxygens (including phenoxy) is 3. The second-order valence-corrected chi connectivity index (χ2v) is 8.98. The third-order valence-electron chi connectivity index (χ3n) is 5.94. The Hall–Kier alpha value is -2.41. The van der Waals surface area contributed by atoms with Gasteiger partial charge in [-0.3, -0.25) is 4.98 Å². The lowest BCUT2D eigenvalue weighted by atomic mass is 10.0. The number of nitrogens with one attached hydrogen (secondary N) is 1. The van der Waals surface area contributed by atoms with Crippen molar-refractivity contribution >= 4 is 10.9 Å². The maximum absolute atomic E-state index is 6.35. The number of pyridine rings is 1. The third kappa shape index (κ3) is 3.83. The number of nitrogens with zero attached hydrogens (tertiary/aromatic N) is 2. The molecule has 3 aromatic rings. The van der Waals surface area contributed by atoms with Gasteiger partial charge >= 0.3 is 0 Å². The van der Waals surface area contributed by atoms with Crippen LogP contribution >= 0.6 is 0 Å². The van der Waals surface area contributed by atoms with Crippen LogP contribution in [0.25, 0.3) is 22.0 Å². The molecule has 2 saturated heterocycles. The molecule has 4 heterocycles. The molecule has 0 spiro atoms. The molecule has 0 aliphatic carbocycles. The van der Waals surface area contributed by atoms with E-state index in [1.165, 1.54) is 0 Å². The van der Waals surface area contributed by atoms with Crippen LogP contribution in [0.15, 0.2) is 42.9 Å². The summed E-state index contributed by atoms with van der Waals surface area (Å²) >= 11 is 0. The van der Waals surface area contributed by atoms with Gasteiger partial charge in [-0.05, 0) is 61.7 Å². The van der Waals surface area contributed by atoms with E-state index in [-0.39, 0.29) is 11.7 Å². The number of aryl methyl sites for hydroxylation is 1. The first-order valence-electron chi connectivity index (χ1n) is 10.6. The molecule has 1 N–H and O–H groups in total. The highest BCUT2D eigenvalue weighted by Crippen LogP contribution is 2.35. The molecular formula is C24H29N3O3. The zero-order chi connectivity index (χ0) is 20.7. The van der Waals surface area contributed by atoms with Crippen molar-refractivity contribution in [1.29, 1.82) is 0 Å². The summed E-state index contributed by atoms with van der Waals surface area (Å²) in [6.45, 7) is 10.0. The van der Waals surface area contributed by atoms with Crippen LogP contribution in [0.4, 0.5) is 0 Å². The smallest absolute Gasteiger partial charge is 0.129 e. The lowest BCUT2D eigenvalue weighted by Gasteiger charge is -2.36. The summed E-state index contributed by atoms with van der Waals surface area (Å²) in [6, 6.07) is 8.90. The number of hydrogen-bond donors (Lipinski definition) is 1. The van der Waals surface area contributed by atoms with E-state index >= 15 is 0 Å². The van der Waals surface area contributed by atoms with E-state index in [9.17, 15) is 0 Å². The van der Waals surface area contributed by atoms with Crippen LogP contribution in [-0.4, -0.2) is 54.2 Å². The number of rotatable bonds is 5. The molecule has 2 aliphatic heterocycles. The molecule has 0 unspecified atom stereocenters. The third-order valence-corrected chi connectivity index (χ3v) is 5.94. The van der Waals surface area contributed by atoms with Crippen LogP contribution in [0, 0.1) is 6.92 Å². The number of morpholine rings is 1. The summed E-state index contributed by atoms with van der Waals surface area (Å²) in [5.41, 5.74) is 4.20. The zero-order valence-corrected chi connectivity index (χ0v) is 17.9. The molecule has 0 bridgehead atoms. The second-order valence-electron chi connectivity index (χ2n) is 8.98. The number of hydrogen-bond acceptors (Lipinski definition) is 5. The highest BCUT2D eigenvalue weighted by molar-refractivity contribution is 5.92. The molecule has 30 heavy (non-hydrogen) atoms. The Balaban J connectivity index is 1.46. The largest absolute Gasteiger partial charge is 0.490 e. The van der Waals surface area contributed by atoms with Gasteiger partial charge in [-0.15, -0.1) is 0 Å². The summed E-state index contributed by atoms with van der Waals surface area (Å²) < 4.78 is 20.1. The van der Waals surface area contributed by atoms with Crippen molar-refractivity contribution < 1.29 is 14.2 Å². The molecule has 2 fully saturated rings. The van der Waals surface area contributed by atoms with Gasteiger partial charge in [0.15, 0.2) is 0 Å². The van der Waals surface area contributed by atoms with Crippen molar-refractivity contribution in [3.05, 3.63) is 48.4 Å². The van der Waals surface area contributed by atoms with Gasteiger partial charge in [0.2, 0.25) is 0 Å². The predicted octanol–water partition coefficient (Wildman–Crippen LogP) is 3.73. The monoisotopic (exact) mass is 407 g/mol. The highest BCUT2D eigenvalue weighted by Gasteiger charge is 2.29. The molecule has 2 aliphatic rings. The first-order chi connectivity index (χ1) is 14.5. The maximum atomic E-state index is 6.35. The Labute approximate surface area is 177 Å². The van der Waals surface area contributed by atoms with Gasteiger partial charge in [0.1, 0.15) is 18.5 Å². The van der Waals surface area contributed by atoms with Crippen LogP contribution in [0.1, 0.15) is 25.5 Å². The van der Waals surface area contributed by atoms with E-state index in [1.807, 2.05) is 12.3 Å². The summed E-state index contributed by atoms with van der Waals surface area (Å²) in [5.74, 6) is 0.861. The molecule has 5 rings (SSSR count). The summed E-state index contributed by atoms with van der Waals surface area (Å²) in [4.78, 5) is 4.63. The summed E-state index contributed by atoms with van der Waals surface area (Å²) in [5, 5.41) is 4.51. The molecule has 0 radical (unpaired) electrons. The van der Waals surface area contributed by atoms with Crippen molar-refractivity contribution in [2.75, 3.05) is 32.9 Å². The molecule has 6 nitrogen and oxygen atoms in total. The SMILES string of the molecule is Cc1ccnc2cc(-c3ccn(C4COC4)c3)cc(OC[C@@H]3CNCC(C)(C)O3)c12. The van der Waals surface area contributed by atoms with E-state index in [1.54, 1.807) is 0 Å². The molecule has 158 valence electrons. The predicted molar refractivity (Wildman–Crippen MR) is 117 cm³/mol. The number of fused-ring (bicyclic) bond motifs is 1. The molecule has 6 heteroatoms. The quantitative estimate of drug-likeness (QED) is 0.698. The van der Waals surface area contributed by atoms with Crippen molar-refractivity contribution in [3.8, 4) is 16.9 Å². The zero-order valence-electron chi connectivity index (χ0n) is 17.9. The fourth-order valence-corrected chi connectivity index (χ4v) is 4.24. The Kier molecular flexibility index (Phi) is 5.01. The van der Waals surface area contributed by atoms with Gasteiger partial charge in [-0.2, -0.15) is 0 Å². The van der Waals surface area contributed by atoms with Crippen LogP contribution < -0.4 is 10.1 Å². The van der Waals surface area contributed by atoms with Crippen molar-refractivity contribution in [2.24, 2.45) is 0 Å². The first-order valence-corrected chi connectivity index (χ1v) is 10.6. The molecule has 0 amide bonds. The van der Waals surface area contributed by atoms with Crippen LogP contribution in [0.3, 0.4) is 0 Å². The maximum Gasteiger partial charge on any atom is 0.129 e. The van der Waals surface area contributed by atoms with Gasteiger partial charge in [0.05, 0.1) is 30.4 Å². The van der Waals surface area contributed by atoms with Gasteiger partial charge in [0, 0.05) is 37.1 Å². The van der Waals surface area contributed by atoms with Crippen LogP contribution in [0.2, 0.25) is 0 Å². The number of benzene rings is 1. The fraction of sp³-hybridized carbons (Fsp3) is 0.458. The Morgan fingerprint density at radius 2 is 2.10 bits per heavy atom. The minimum absolute atomic E-state index is 0.0177. The fourth-order valence-electron chi connectivity index (χ4n) is 4.24. The van der Waals surface area contributed by atoms with E-state index in [0.717, 1.165) is 59.6 Å². The van der Waals surface area contributed by atoms with E-state index in [2.05, 4.69) is 66.2 Å². The van der Waals surface area contributed by atoms with Crippen LogP contribution in [0.5, 0.6) is 5.75 Å². The Bertz CT molecular complexity index is 1060.